The lowest BCUT2D eigenvalue weighted by Crippen LogP contribution is -2.24. The third kappa shape index (κ3) is 2.04. The molecule has 0 fully saturated rings. The van der Waals surface area contributed by atoms with Crippen LogP contribution in [0, 0.1) is 0 Å². The van der Waals surface area contributed by atoms with Gasteiger partial charge in [0, 0.05) is 18.7 Å². The molecule has 3 heterocycles. The van der Waals surface area contributed by atoms with E-state index in [0.717, 1.165) is 37.5 Å². The highest BCUT2D eigenvalue weighted by Crippen LogP contribution is 2.37. The van der Waals surface area contributed by atoms with Crippen molar-refractivity contribution in [1.82, 2.24) is 9.78 Å². The van der Waals surface area contributed by atoms with E-state index in [0.29, 0.717) is 0 Å². The fraction of sp³-hybridized carbons (Fsp3) is 0.438. The molecule has 1 aromatic carbocycles. The number of fused-ring (bicyclic) bond motifs is 3. The molecule has 5 heteroatoms. The molecule has 5 nitrogen and oxygen atoms in total. The summed E-state index contributed by atoms with van der Waals surface area (Å²) in [6.45, 7) is 2.01. The van der Waals surface area contributed by atoms with Crippen molar-refractivity contribution < 1.29 is 4.74 Å². The maximum absolute atomic E-state index is 5.36. The third-order valence-electron chi connectivity index (χ3n) is 4.39. The second kappa shape index (κ2) is 4.98. The molecule has 4 rings (SSSR count). The summed E-state index contributed by atoms with van der Waals surface area (Å²) in [5, 5.41) is 11.8. The van der Waals surface area contributed by atoms with Gasteiger partial charge in [-0.05, 0) is 37.0 Å². The number of methoxy groups -OCH3 is 1. The Morgan fingerprint density at radius 2 is 2.24 bits per heavy atom. The van der Waals surface area contributed by atoms with Crippen LogP contribution in [0.2, 0.25) is 0 Å². The SMILES string of the molecule is COc1cccc(C2CCNc3c4c(nn32)NCCC4)c1. The zero-order valence-electron chi connectivity index (χ0n) is 12.2. The van der Waals surface area contributed by atoms with Crippen LogP contribution in [0.15, 0.2) is 24.3 Å². The molecule has 0 saturated heterocycles. The van der Waals surface area contributed by atoms with Crippen LogP contribution in [-0.4, -0.2) is 30.0 Å². The number of nitrogens with zero attached hydrogens (tertiary/aromatic N) is 2. The second-order valence-corrected chi connectivity index (χ2v) is 5.66. The van der Waals surface area contributed by atoms with Gasteiger partial charge >= 0.3 is 0 Å². The number of benzene rings is 1. The predicted octanol–water partition coefficient (Wildman–Crippen LogP) is 2.65. The summed E-state index contributed by atoms with van der Waals surface area (Å²) >= 11 is 0. The Hall–Kier alpha value is -2.17. The summed E-state index contributed by atoms with van der Waals surface area (Å²) < 4.78 is 7.51. The lowest BCUT2D eigenvalue weighted by molar-refractivity contribution is 0.411. The van der Waals surface area contributed by atoms with E-state index in [1.807, 2.05) is 6.07 Å². The fourth-order valence-electron chi connectivity index (χ4n) is 3.34. The minimum atomic E-state index is 0.281. The second-order valence-electron chi connectivity index (χ2n) is 5.66. The van der Waals surface area contributed by atoms with E-state index in [4.69, 9.17) is 9.84 Å². The quantitative estimate of drug-likeness (QED) is 0.890. The summed E-state index contributed by atoms with van der Waals surface area (Å²) in [4.78, 5) is 0. The van der Waals surface area contributed by atoms with Gasteiger partial charge < -0.3 is 15.4 Å². The number of rotatable bonds is 2. The molecule has 0 aliphatic carbocycles. The molecule has 0 bridgehead atoms. The molecule has 1 atom stereocenters. The summed E-state index contributed by atoms with van der Waals surface area (Å²) in [6.07, 6.45) is 3.33. The van der Waals surface area contributed by atoms with Crippen LogP contribution in [0.5, 0.6) is 5.75 Å². The first-order valence-electron chi connectivity index (χ1n) is 7.60. The predicted molar refractivity (Wildman–Crippen MR) is 83.3 cm³/mol. The molecule has 0 saturated carbocycles. The van der Waals surface area contributed by atoms with E-state index < -0.39 is 0 Å². The van der Waals surface area contributed by atoms with Crippen LogP contribution >= 0.6 is 0 Å². The van der Waals surface area contributed by atoms with Gasteiger partial charge in [0.05, 0.1) is 13.2 Å². The zero-order chi connectivity index (χ0) is 14.2. The number of anilines is 2. The van der Waals surface area contributed by atoms with Gasteiger partial charge in [0.1, 0.15) is 11.6 Å². The van der Waals surface area contributed by atoms with Crippen molar-refractivity contribution in [3.8, 4) is 5.75 Å². The highest BCUT2D eigenvalue weighted by Gasteiger charge is 2.28. The molecule has 110 valence electrons. The molecule has 2 aliphatic heterocycles. The van der Waals surface area contributed by atoms with Crippen molar-refractivity contribution in [3.63, 3.8) is 0 Å². The first kappa shape index (κ1) is 12.6. The van der Waals surface area contributed by atoms with Crippen LogP contribution in [0.25, 0.3) is 0 Å². The molecule has 0 spiro atoms. The van der Waals surface area contributed by atoms with Gasteiger partial charge in [-0.3, -0.25) is 0 Å². The lowest BCUT2D eigenvalue weighted by atomic mass is 10.0. The van der Waals surface area contributed by atoms with Gasteiger partial charge in [0.15, 0.2) is 5.82 Å². The molecular formula is C16H20N4O. The average molecular weight is 284 g/mol. The maximum Gasteiger partial charge on any atom is 0.153 e. The van der Waals surface area contributed by atoms with Gasteiger partial charge in [-0.15, -0.1) is 0 Å². The Bertz CT molecular complexity index is 664. The van der Waals surface area contributed by atoms with E-state index in [2.05, 4.69) is 33.5 Å². The molecular weight excluding hydrogens is 264 g/mol. The molecule has 1 unspecified atom stereocenters. The summed E-state index contributed by atoms with van der Waals surface area (Å²) in [7, 11) is 1.71. The van der Waals surface area contributed by atoms with Gasteiger partial charge in [0.25, 0.3) is 0 Å². The molecule has 0 amide bonds. The van der Waals surface area contributed by atoms with Crippen molar-refractivity contribution in [3.05, 3.63) is 35.4 Å². The third-order valence-corrected chi connectivity index (χ3v) is 4.39. The van der Waals surface area contributed by atoms with Gasteiger partial charge in [-0.2, -0.15) is 5.10 Å². The molecule has 21 heavy (non-hydrogen) atoms. The van der Waals surface area contributed by atoms with Crippen molar-refractivity contribution in [2.24, 2.45) is 0 Å². The smallest absolute Gasteiger partial charge is 0.153 e. The Balaban J connectivity index is 1.77. The zero-order valence-corrected chi connectivity index (χ0v) is 12.2. The largest absolute Gasteiger partial charge is 0.497 e. The van der Waals surface area contributed by atoms with Crippen molar-refractivity contribution in [1.29, 1.82) is 0 Å². The van der Waals surface area contributed by atoms with Crippen molar-refractivity contribution in [2.75, 3.05) is 30.8 Å². The summed E-state index contributed by atoms with van der Waals surface area (Å²) in [6, 6.07) is 8.60. The maximum atomic E-state index is 5.36. The first-order chi connectivity index (χ1) is 10.4. The highest BCUT2D eigenvalue weighted by atomic mass is 16.5. The van der Waals surface area contributed by atoms with Crippen molar-refractivity contribution in [2.45, 2.75) is 25.3 Å². The Labute approximate surface area is 124 Å². The Morgan fingerprint density at radius 3 is 3.14 bits per heavy atom. The average Bonchev–Trinajstić information content (AvgIpc) is 2.93. The first-order valence-corrected chi connectivity index (χ1v) is 7.60. The lowest BCUT2D eigenvalue weighted by Gasteiger charge is -2.27. The summed E-state index contributed by atoms with van der Waals surface area (Å²) in [5.41, 5.74) is 2.60. The van der Waals surface area contributed by atoms with E-state index >= 15 is 0 Å². The van der Waals surface area contributed by atoms with Crippen LogP contribution in [0.1, 0.15) is 30.0 Å². The minimum absolute atomic E-state index is 0.281. The van der Waals surface area contributed by atoms with Crippen LogP contribution < -0.4 is 15.4 Å². The molecule has 1 aromatic heterocycles. The normalized spacial score (nSPS) is 20.0. The van der Waals surface area contributed by atoms with Gasteiger partial charge in [0.2, 0.25) is 0 Å². The fourth-order valence-corrected chi connectivity index (χ4v) is 3.34. The van der Waals surface area contributed by atoms with E-state index in [1.54, 1.807) is 7.11 Å². The number of hydrogen-bond acceptors (Lipinski definition) is 4. The number of ether oxygens (including phenoxy) is 1. The topological polar surface area (TPSA) is 51.1 Å². The Morgan fingerprint density at radius 1 is 1.29 bits per heavy atom. The van der Waals surface area contributed by atoms with Crippen LogP contribution in [0.3, 0.4) is 0 Å². The van der Waals surface area contributed by atoms with Gasteiger partial charge in [-0.25, -0.2) is 4.68 Å². The van der Waals surface area contributed by atoms with Gasteiger partial charge in [-0.1, -0.05) is 12.1 Å². The van der Waals surface area contributed by atoms with Crippen LogP contribution in [0.4, 0.5) is 11.6 Å². The molecule has 2 aromatic rings. The van der Waals surface area contributed by atoms with Crippen LogP contribution in [-0.2, 0) is 6.42 Å². The Kier molecular flexibility index (Phi) is 2.98. The highest BCUT2D eigenvalue weighted by molar-refractivity contribution is 5.62. The van der Waals surface area contributed by atoms with Crippen molar-refractivity contribution >= 4 is 11.6 Å². The summed E-state index contributed by atoms with van der Waals surface area (Å²) in [5.74, 6) is 3.15. The standard InChI is InChI=1S/C16H20N4O/c1-21-12-5-2-4-11(10-12)14-7-9-18-16-13-6-3-8-17-15(13)19-20(14)16/h2,4-5,10,14,18H,3,6-9H2,1H3,(H,17,19). The molecule has 2 aliphatic rings. The number of aromatic nitrogens is 2. The molecule has 0 radical (unpaired) electrons. The van der Waals surface area contributed by atoms with E-state index in [-0.39, 0.29) is 6.04 Å². The number of nitrogens with one attached hydrogen (secondary N) is 2. The van der Waals surface area contributed by atoms with E-state index in [9.17, 15) is 0 Å². The number of hydrogen-bond donors (Lipinski definition) is 2. The monoisotopic (exact) mass is 284 g/mol. The minimum Gasteiger partial charge on any atom is -0.497 e. The molecule has 2 N–H and O–H groups in total. The van der Waals surface area contributed by atoms with E-state index in [1.165, 1.54) is 23.4 Å².